The highest BCUT2D eigenvalue weighted by atomic mass is 32.2. The first-order valence-electron chi connectivity index (χ1n) is 14.9. The smallest absolute Gasteiger partial charge is 0.326 e. The van der Waals surface area contributed by atoms with Gasteiger partial charge < -0.3 is 43.2 Å². The van der Waals surface area contributed by atoms with Gasteiger partial charge in [0.05, 0.1) is 11.0 Å². The number of carbonyl (C=O) groups is 5. The van der Waals surface area contributed by atoms with Gasteiger partial charge in [-0.2, -0.15) is 11.8 Å². The van der Waals surface area contributed by atoms with Crippen LogP contribution in [-0.4, -0.2) is 95.0 Å². The number of nitrogens with two attached hydrogens (primary N) is 2. The predicted octanol–water partition coefficient (Wildman–Crippen LogP) is 0.393. The summed E-state index contributed by atoms with van der Waals surface area (Å²) in [6.07, 6.45) is 5.34. The second-order valence-electron chi connectivity index (χ2n) is 11.0. The fourth-order valence-electron chi connectivity index (χ4n) is 4.08. The van der Waals surface area contributed by atoms with E-state index in [1.165, 1.54) is 18.7 Å². The molecule has 0 aromatic rings. The van der Waals surface area contributed by atoms with Crippen molar-refractivity contribution in [1.29, 1.82) is 0 Å². The Morgan fingerprint density at radius 1 is 0.767 bits per heavy atom. The standard InChI is InChI=1S/C28H53N7O6S2/c1-17(2)16-23(27(39)34-22(28(40)41)12-15-43-5)35-26(38)21(11-7-9-14-31-19(4)42)33-25(37)20(10-6-8-13-29)32-24(36)18(3)30/h17-18,20-23H,6-16,29-30H2,1-5H3,(H,31,42)(H,32,36)(H,33,37)(H,34,39)(H,35,38)(H,40,41)/t18-,20-,21-,22-,23-/m0/s1. The van der Waals surface area contributed by atoms with Crippen LogP contribution < -0.4 is 38.1 Å². The zero-order valence-electron chi connectivity index (χ0n) is 26.2. The molecule has 0 heterocycles. The lowest BCUT2D eigenvalue weighted by Crippen LogP contribution is -2.58. The van der Waals surface area contributed by atoms with Crippen LogP contribution in [0.3, 0.4) is 0 Å². The van der Waals surface area contributed by atoms with Crippen LogP contribution in [0.15, 0.2) is 0 Å². The molecule has 0 saturated carbocycles. The number of unbranched alkanes of at least 4 members (excludes halogenated alkanes) is 2. The molecule has 13 nitrogen and oxygen atoms in total. The molecule has 10 N–H and O–H groups in total. The number of hydrogen-bond acceptors (Lipinski definition) is 9. The van der Waals surface area contributed by atoms with Crippen LogP contribution >= 0.6 is 24.0 Å². The Morgan fingerprint density at radius 2 is 1.26 bits per heavy atom. The minimum atomic E-state index is -1.16. The largest absolute Gasteiger partial charge is 0.480 e. The number of carbonyl (C=O) groups excluding carboxylic acids is 4. The van der Waals surface area contributed by atoms with Gasteiger partial charge in [0.25, 0.3) is 0 Å². The SMILES string of the molecule is CSCC[C@H](NC(=O)[C@H](CC(C)C)NC(=O)[C@H](CCCCNC(C)=S)NC(=O)[C@H](CCCCN)NC(=O)[C@H](C)N)C(=O)O. The van der Waals surface area contributed by atoms with Crippen LogP contribution in [0.1, 0.15) is 79.1 Å². The first-order valence-corrected chi connectivity index (χ1v) is 16.7. The van der Waals surface area contributed by atoms with Crippen molar-refractivity contribution >= 4 is 58.6 Å². The van der Waals surface area contributed by atoms with Crippen LogP contribution in [0.2, 0.25) is 0 Å². The lowest BCUT2D eigenvalue weighted by molar-refractivity contribution is -0.142. The van der Waals surface area contributed by atoms with E-state index in [0.717, 1.165) is 0 Å². The Kier molecular flexibility index (Phi) is 21.6. The van der Waals surface area contributed by atoms with Crippen LogP contribution in [0.4, 0.5) is 0 Å². The summed E-state index contributed by atoms with van der Waals surface area (Å²) in [6.45, 7) is 8.05. The molecular weight excluding hydrogens is 594 g/mol. The number of amides is 4. The van der Waals surface area contributed by atoms with E-state index in [1.54, 1.807) is 6.92 Å². The van der Waals surface area contributed by atoms with Gasteiger partial charge in [-0.1, -0.05) is 26.1 Å². The number of carboxylic acid groups (broad SMARTS) is 1. The highest BCUT2D eigenvalue weighted by Crippen LogP contribution is 2.10. The van der Waals surface area contributed by atoms with E-state index in [0.29, 0.717) is 55.9 Å². The first kappa shape index (κ1) is 40.5. The van der Waals surface area contributed by atoms with E-state index >= 15 is 0 Å². The highest BCUT2D eigenvalue weighted by Gasteiger charge is 2.31. The summed E-state index contributed by atoms with van der Waals surface area (Å²) < 4.78 is 0. The Bertz CT molecular complexity index is 907. The van der Waals surface area contributed by atoms with E-state index in [2.05, 4.69) is 26.6 Å². The normalized spacial score (nSPS) is 14.5. The Balaban J connectivity index is 5.90. The zero-order chi connectivity index (χ0) is 32.9. The summed E-state index contributed by atoms with van der Waals surface area (Å²) in [6, 6.07) is -4.88. The average molecular weight is 648 g/mol. The molecule has 0 aliphatic carbocycles. The summed E-state index contributed by atoms with van der Waals surface area (Å²) >= 11 is 6.50. The lowest BCUT2D eigenvalue weighted by atomic mass is 10.0. The Labute approximate surface area is 265 Å². The number of nitrogens with one attached hydrogen (secondary N) is 5. The number of hydrogen-bond donors (Lipinski definition) is 8. The quantitative estimate of drug-likeness (QED) is 0.0560. The van der Waals surface area contributed by atoms with E-state index in [1.807, 2.05) is 20.1 Å². The fourth-order valence-corrected chi connectivity index (χ4v) is 4.66. The third kappa shape index (κ3) is 18.7. The van der Waals surface area contributed by atoms with Crippen molar-refractivity contribution in [2.45, 2.75) is 109 Å². The van der Waals surface area contributed by atoms with Gasteiger partial charge in [0.1, 0.15) is 24.2 Å². The first-order chi connectivity index (χ1) is 20.2. The predicted molar refractivity (Wildman–Crippen MR) is 174 cm³/mol. The van der Waals surface area contributed by atoms with E-state index < -0.39 is 59.8 Å². The molecule has 0 saturated heterocycles. The van der Waals surface area contributed by atoms with Gasteiger partial charge in [-0.15, -0.1) is 0 Å². The molecule has 248 valence electrons. The van der Waals surface area contributed by atoms with Crippen molar-refractivity contribution in [3.8, 4) is 0 Å². The topological polar surface area (TPSA) is 218 Å². The lowest BCUT2D eigenvalue weighted by Gasteiger charge is -2.27. The monoisotopic (exact) mass is 647 g/mol. The third-order valence-electron chi connectivity index (χ3n) is 6.49. The Morgan fingerprint density at radius 3 is 1.72 bits per heavy atom. The summed E-state index contributed by atoms with van der Waals surface area (Å²) in [5.41, 5.74) is 11.3. The molecule has 43 heavy (non-hydrogen) atoms. The second-order valence-corrected chi connectivity index (χ2v) is 12.6. The van der Waals surface area contributed by atoms with Crippen molar-refractivity contribution in [2.75, 3.05) is 25.1 Å². The number of thioether (sulfide) groups is 1. The maximum Gasteiger partial charge on any atom is 0.326 e. The molecule has 0 aliphatic heterocycles. The molecule has 0 aromatic heterocycles. The number of thiocarbonyl (C=S) groups is 1. The van der Waals surface area contributed by atoms with Crippen molar-refractivity contribution in [1.82, 2.24) is 26.6 Å². The molecule has 5 atom stereocenters. The molecule has 0 bridgehead atoms. The molecule has 0 aromatic carbocycles. The summed E-state index contributed by atoms with van der Waals surface area (Å²) in [7, 11) is 0. The van der Waals surface area contributed by atoms with Crippen LogP contribution in [-0.2, 0) is 24.0 Å². The molecule has 4 amide bonds. The van der Waals surface area contributed by atoms with E-state index in [-0.39, 0.29) is 25.2 Å². The number of aliphatic carboxylic acids is 1. The molecule has 0 rings (SSSR count). The average Bonchev–Trinajstić information content (AvgIpc) is 2.92. The molecule has 15 heteroatoms. The minimum absolute atomic E-state index is 0.00270. The maximum absolute atomic E-state index is 13.6. The second kappa shape index (κ2) is 23.0. The molecule has 0 radical (unpaired) electrons. The molecular formula is C28H53N7O6S2. The van der Waals surface area contributed by atoms with Gasteiger partial charge in [-0.05, 0) is 89.7 Å². The van der Waals surface area contributed by atoms with Crippen molar-refractivity contribution < 1.29 is 29.1 Å². The molecule has 0 fully saturated rings. The minimum Gasteiger partial charge on any atom is -0.480 e. The third-order valence-corrected chi connectivity index (χ3v) is 7.27. The van der Waals surface area contributed by atoms with Gasteiger partial charge in [0, 0.05) is 6.54 Å². The van der Waals surface area contributed by atoms with E-state index in [9.17, 15) is 29.1 Å². The number of carboxylic acids is 1. The van der Waals surface area contributed by atoms with Gasteiger partial charge in [-0.3, -0.25) is 19.2 Å². The van der Waals surface area contributed by atoms with E-state index in [4.69, 9.17) is 23.7 Å². The van der Waals surface area contributed by atoms with Crippen LogP contribution in [0.25, 0.3) is 0 Å². The van der Waals surface area contributed by atoms with Gasteiger partial charge in [-0.25, -0.2) is 4.79 Å². The van der Waals surface area contributed by atoms with Gasteiger partial charge >= 0.3 is 5.97 Å². The summed E-state index contributed by atoms with van der Waals surface area (Å²) in [5, 5.41) is 23.3. The highest BCUT2D eigenvalue weighted by molar-refractivity contribution is 7.98. The van der Waals surface area contributed by atoms with Crippen molar-refractivity contribution in [3.63, 3.8) is 0 Å². The van der Waals surface area contributed by atoms with Gasteiger partial charge in [0.2, 0.25) is 23.6 Å². The van der Waals surface area contributed by atoms with Crippen molar-refractivity contribution in [3.05, 3.63) is 0 Å². The van der Waals surface area contributed by atoms with Gasteiger partial charge in [0.15, 0.2) is 0 Å². The fraction of sp³-hybridized carbons (Fsp3) is 0.786. The Hall–Kier alpha value is -2.49. The number of rotatable bonds is 23. The van der Waals surface area contributed by atoms with Crippen LogP contribution in [0, 0.1) is 5.92 Å². The molecule has 0 aliphatic rings. The summed E-state index contributed by atoms with van der Waals surface area (Å²) in [4.78, 5) is 64.8. The maximum atomic E-state index is 13.6. The summed E-state index contributed by atoms with van der Waals surface area (Å²) in [5.74, 6) is -2.85. The molecule has 0 spiro atoms. The zero-order valence-corrected chi connectivity index (χ0v) is 27.8. The van der Waals surface area contributed by atoms with Crippen LogP contribution in [0.5, 0.6) is 0 Å². The van der Waals surface area contributed by atoms with Crippen molar-refractivity contribution in [2.24, 2.45) is 17.4 Å². The molecule has 0 unspecified atom stereocenters.